The number of halogens is 1. The lowest BCUT2D eigenvalue weighted by Gasteiger charge is -1.62. The minimum Gasteiger partial charge on any atom is -0.337 e. The summed E-state index contributed by atoms with van der Waals surface area (Å²) < 4.78 is 15.8. The fraction of sp³-hybridized carbons (Fsp3) is 0.333. The van der Waals surface area contributed by atoms with Crippen LogP contribution < -0.4 is 0 Å². The molecule has 0 fully saturated rings. The number of nitrogens with zero attached hydrogens (tertiary/aromatic N) is 2. The van der Waals surface area contributed by atoms with E-state index in [2.05, 4.69) is 14.7 Å². The molecule has 0 amide bonds. The van der Waals surface area contributed by atoms with Gasteiger partial charge in [0.1, 0.15) is 0 Å². The predicted molar refractivity (Wildman–Crippen MR) is 19.0 cm³/mol. The summed E-state index contributed by atoms with van der Waals surface area (Å²) in [4.78, 5) is 3.17. The van der Waals surface area contributed by atoms with E-state index in [4.69, 9.17) is 0 Å². The van der Waals surface area contributed by atoms with Crippen molar-refractivity contribution < 1.29 is 8.91 Å². The molecule has 4 heteroatoms. The van der Waals surface area contributed by atoms with E-state index in [9.17, 15) is 4.39 Å². The predicted octanol–water partition coefficient (Wildman–Crippen LogP) is 0.517. The van der Waals surface area contributed by atoms with Crippen molar-refractivity contribution in [1.82, 2.24) is 10.1 Å². The molecular weight excluding hydrogens is 98.0 g/mol. The van der Waals surface area contributed by atoms with Gasteiger partial charge in [-0.1, -0.05) is 0 Å². The van der Waals surface area contributed by atoms with Gasteiger partial charge in [-0.2, -0.15) is 9.37 Å². The van der Waals surface area contributed by atoms with Crippen LogP contribution in [-0.2, 0) is 0 Å². The van der Waals surface area contributed by atoms with Crippen molar-refractivity contribution in [3.8, 4) is 0 Å². The molecule has 0 spiro atoms. The summed E-state index contributed by atoms with van der Waals surface area (Å²) in [6.45, 7) is 1.52. The van der Waals surface area contributed by atoms with Gasteiger partial charge >= 0.3 is 6.08 Å². The van der Waals surface area contributed by atoms with Gasteiger partial charge in [0, 0.05) is 6.92 Å². The van der Waals surface area contributed by atoms with Crippen LogP contribution in [0.2, 0.25) is 0 Å². The molecule has 0 aromatic carbocycles. The van der Waals surface area contributed by atoms with Crippen LogP contribution in [0.5, 0.6) is 0 Å². The number of hydrogen-bond acceptors (Lipinski definition) is 3. The van der Waals surface area contributed by atoms with Gasteiger partial charge in [0.2, 0.25) is 5.89 Å². The van der Waals surface area contributed by atoms with Gasteiger partial charge in [-0.15, -0.1) is 0 Å². The van der Waals surface area contributed by atoms with Crippen LogP contribution in [0.1, 0.15) is 5.89 Å². The number of hydrogen-bond donors (Lipinski definition) is 0. The van der Waals surface area contributed by atoms with Gasteiger partial charge in [-0.3, -0.25) is 0 Å². The van der Waals surface area contributed by atoms with E-state index >= 15 is 0 Å². The molecule has 0 unspecified atom stereocenters. The van der Waals surface area contributed by atoms with Gasteiger partial charge in [-0.05, 0) is 5.16 Å². The van der Waals surface area contributed by atoms with Gasteiger partial charge in [0.05, 0.1) is 0 Å². The van der Waals surface area contributed by atoms with Gasteiger partial charge in [0.25, 0.3) is 0 Å². The summed E-state index contributed by atoms with van der Waals surface area (Å²) in [6, 6.07) is 0. The third-order valence-corrected chi connectivity index (χ3v) is 0.503. The van der Waals surface area contributed by atoms with Crippen LogP contribution in [0.3, 0.4) is 0 Å². The van der Waals surface area contributed by atoms with Gasteiger partial charge in [0.15, 0.2) is 0 Å². The zero-order valence-corrected chi connectivity index (χ0v) is 3.68. The molecule has 0 aliphatic carbocycles. The Morgan fingerprint density at radius 2 is 2.43 bits per heavy atom. The zero-order valence-electron chi connectivity index (χ0n) is 3.68. The summed E-state index contributed by atoms with van der Waals surface area (Å²) >= 11 is 0. The van der Waals surface area contributed by atoms with Crippen LogP contribution >= 0.6 is 0 Å². The maximum atomic E-state index is 11.6. The summed E-state index contributed by atoms with van der Waals surface area (Å²) in [5, 5.41) is 2.86. The van der Waals surface area contributed by atoms with Crippen LogP contribution in [-0.4, -0.2) is 10.1 Å². The molecule has 0 atom stereocenters. The Balaban J connectivity index is 3.04. The highest BCUT2D eigenvalue weighted by atomic mass is 18.2. The van der Waals surface area contributed by atoms with Crippen LogP contribution in [0.4, 0.5) is 4.39 Å². The largest absolute Gasteiger partial charge is 0.346 e. The maximum Gasteiger partial charge on any atom is 0.346 e. The summed E-state index contributed by atoms with van der Waals surface area (Å²) in [5.41, 5.74) is 0. The van der Waals surface area contributed by atoms with E-state index < -0.39 is 6.08 Å². The van der Waals surface area contributed by atoms with Crippen molar-refractivity contribution in [3.05, 3.63) is 12.0 Å². The lowest BCUT2D eigenvalue weighted by Crippen LogP contribution is -1.71. The van der Waals surface area contributed by atoms with Crippen LogP contribution in [0.15, 0.2) is 4.52 Å². The Morgan fingerprint density at radius 3 is 2.57 bits per heavy atom. The fourth-order valence-corrected chi connectivity index (χ4v) is 0.274. The van der Waals surface area contributed by atoms with Crippen molar-refractivity contribution in [1.29, 1.82) is 0 Å². The SMILES string of the molecule is Cc1nc([18F])no1. The number of rotatable bonds is 0. The first kappa shape index (κ1) is 4.23. The van der Waals surface area contributed by atoms with E-state index in [-0.39, 0.29) is 5.89 Å². The Hall–Kier alpha value is -0.930. The minimum atomic E-state index is -0.808. The van der Waals surface area contributed by atoms with Crippen molar-refractivity contribution in [2.75, 3.05) is 0 Å². The normalized spacial score (nSPS) is 9.43. The highest BCUT2D eigenvalue weighted by molar-refractivity contribution is 4.65. The first-order chi connectivity index (χ1) is 3.29. The quantitative estimate of drug-likeness (QED) is 0.478. The van der Waals surface area contributed by atoms with E-state index in [1.165, 1.54) is 6.92 Å². The molecule has 0 saturated heterocycles. The molecule has 0 aliphatic rings. The third-order valence-electron chi connectivity index (χ3n) is 0.503. The standard InChI is InChI=1S/C3H3FN2O/c1-2-5-3(4)6-7-2/h1H3/i4-1. The Kier molecular flexibility index (Phi) is 0.780. The molecule has 0 radical (unpaired) electrons. The second kappa shape index (κ2) is 1.29. The molecule has 1 aromatic heterocycles. The molecule has 1 aromatic rings. The van der Waals surface area contributed by atoms with E-state index in [1.807, 2.05) is 0 Å². The summed E-state index contributed by atoms with van der Waals surface area (Å²) in [6.07, 6.45) is -0.808. The van der Waals surface area contributed by atoms with Crippen molar-refractivity contribution in [3.63, 3.8) is 0 Å². The maximum absolute atomic E-state index is 11.6. The highest BCUT2D eigenvalue weighted by Crippen LogP contribution is 1.89. The van der Waals surface area contributed by atoms with E-state index in [0.29, 0.717) is 0 Å². The zero-order chi connectivity index (χ0) is 5.28. The Morgan fingerprint density at radius 1 is 1.71 bits per heavy atom. The minimum absolute atomic E-state index is 0.248. The molecule has 0 saturated carbocycles. The first-order valence-corrected chi connectivity index (χ1v) is 1.75. The van der Waals surface area contributed by atoms with Crippen LogP contribution in [0, 0.1) is 13.0 Å². The van der Waals surface area contributed by atoms with Crippen LogP contribution in [0.25, 0.3) is 0 Å². The number of aryl methyl sites for hydroxylation is 1. The van der Waals surface area contributed by atoms with E-state index in [0.717, 1.165) is 0 Å². The van der Waals surface area contributed by atoms with Crippen molar-refractivity contribution in [2.24, 2.45) is 0 Å². The second-order valence-corrected chi connectivity index (χ2v) is 1.08. The molecule has 0 N–H and O–H groups in total. The van der Waals surface area contributed by atoms with Crippen molar-refractivity contribution in [2.45, 2.75) is 6.92 Å². The summed E-state index contributed by atoms with van der Waals surface area (Å²) in [7, 11) is 0. The third kappa shape index (κ3) is 0.734. The van der Waals surface area contributed by atoms with Gasteiger partial charge < -0.3 is 4.52 Å². The molecule has 0 aliphatic heterocycles. The molecule has 0 bridgehead atoms. The van der Waals surface area contributed by atoms with Crippen molar-refractivity contribution >= 4 is 0 Å². The molecule has 38 valence electrons. The first-order valence-electron chi connectivity index (χ1n) is 1.75. The average molecular weight is 101 g/mol. The summed E-state index contributed by atoms with van der Waals surface area (Å²) in [5.74, 6) is 0.248. The van der Waals surface area contributed by atoms with E-state index in [1.54, 1.807) is 0 Å². The molecular formula is C3H3FN2O. The Bertz CT molecular complexity index is 145. The topological polar surface area (TPSA) is 38.9 Å². The number of aromatic nitrogens is 2. The molecule has 7 heavy (non-hydrogen) atoms. The van der Waals surface area contributed by atoms with Gasteiger partial charge in [-0.25, -0.2) is 0 Å². The monoisotopic (exact) mass is 101 g/mol. The fourth-order valence-electron chi connectivity index (χ4n) is 0.274. The molecule has 1 heterocycles. The lowest BCUT2D eigenvalue weighted by atomic mass is 10.8. The molecule has 1 rings (SSSR count). The average Bonchev–Trinajstić information content (AvgIpc) is 1.87. The smallest absolute Gasteiger partial charge is 0.337 e. The second-order valence-electron chi connectivity index (χ2n) is 1.08. The lowest BCUT2D eigenvalue weighted by molar-refractivity contribution is 0.360. The molecule has 3 nitrogen and oxygen atoms in total. The Labute approximate surface area is 39.1 Å². The highest BCUT2D eigenvalue weighted by Gasteiger charge is 1.94.